The summed E-state index contributed by atoms with van der Waals surface area (Å²) in [5.74, 6) is 0. The highest BCUT2D eigenvalue weighted by molar-refractivity contribution is 6.25. The fraction of sp³-hybridized carbons (Fsp3) is 0.500. The van der Waals surface area contributed by atoms with Crippen LogP contribution >= 0.6 is 11.6 Å². The van der Waals surface area contributed by atoms with E-state index in [2.05, 4.69) is 6.58 Å². The van der Waals surface area contributed by atoms with Gasteiger partial charge in [-0.3, -0.25) is 0 Å². The lowest BCUT2D eigenvalue weighted by molar-refractivity contribution is 1.50. The summed E-state index contributed by atoms with van der Waals surface area (Å²) in [6.45, 7) is 7.13. The zero-order valence-electron chi connectivity index (χ0n) is 3.66. The maximum atomic E-state index is 4.76. The van der Waals surface area contributed by atoms with Crippen molar-refractivity contribution in [3.63, 3.8) is 0 Å². The van der Waals surface area contributed by atoms with Gasteiger partial charge in [-0.25, -0.2) is 0 Å². The topological polar surface area (TPSA) is 0 Å². The SMILES string of the molecule is C=CCl.CC. The van der Waals surface area contributed by atoms with Crippen LogP contribution in [0.1, 0.15) is 13.8 Å². The molecule has 0 saturated heterocycles. The van der Waals surface area contributed by atoms with E-state index < -0.39 is 0 Å². The Labute approximate surface area is 38.5 Å². The molecule has 0 atom stereocenters. The van der Waals surface area contributed by atoms with Crippen molar-refractivity contribution in [2.24, 2.45) is 0 Å². The third-order valence-corrected chi connectivity index (χ3v) is 0. The summed E-state index contributed by atoms with van der Waals surface area (Å²) in [5, 5.41) is 0. The molecule has 0 radical (unpaired) electrons. The monoisotopic (exact) mass is 92.0 g/mol. The number of hydrogen-bond acceptors (Lipinski definition) is 0. The molecule has 0 unspecified atom stereocenters. The van der Waals surface area contributed by atoms with E-state index in [4.69, 9.17) is 11.6 Å². The Morgan fingerprint density at radius 2 is 1.60 bits per heavy atom. The largest absolute Gasteiger partial charge is 0.0936 e. The summed E-state index contributed by atoms with van der Waals surface area (Å²) in [5.41, 5.74) is 1.22. The molecule has 0 aromatic heterocycles. The second-order valence-corrected chi connectivity index (χ2v) is 0.463. The fourth-order valence-corrected chi connectivity index (χ4v) is 0. The molecule has 0 aliphatic carbocycles. The lowest BCUT2D eigenvalue weighted by Crippen LogP contribution is -0.926. The predicted octanol–water partition coefficient (Wildman–Crippen LogP) is 2.39. The first-order chi connectivity index (χ1) is 2.41. The van der Waals surface area contributed by atoms with E-state index in [0.29, 0.717) is 0 Å². The van der Waals surface area contributed by atoms with Crippen molar-refractivity contribution in [3.05, 3.63) is 12.1 Å². The lowest BCUT2D eigenvalue weighted by Gasteiger charge is -1.27. The molecule has 0 rings (SSSR count). The van der Waals surface area contributed by atoms with Crippen molar-refractivity contribution in [1.82, 2.24) is 0 Å². The summed E-state index contributed by atoms with van der Waals surface area (Å²) in [6.07, 6.45) is 0. The van der Waals surface area contributed by atoms with Gasteiger partial charge in [0.25, 0.3) is 0 Å². The molecule has 32 valence electrons. The standard InChI is InChI=1S/C2H3Cl.C2H6/c1-2-3;1-2/h2H,1H2;1-2H3. The molecule has 0 saturated carbocycles. The highest BCUT2D eigenvalue weighted by Gasteiger charge is 1.18. The predicted molar refractivity (Wildman–Crippen MR) is 27.4 cm³/mol. The van der Waals surface area contributed by atoms with Crippen LogP contribution in [-0.2, 0) is 0 Å². The van der Waals surface area contributed by atoms with E-state index in [0.717, 1.165) is 0 Å². The second-order valence-electron chi connectivity index (χ2n) is 0.154. The highest BCUT2D eigenvalue weighted by Crippen LogP contribution is 1.60. The quantitative estimate of drug-likeness (QED) is 0.431. The lowest BCUT2D eigenvalue weighted by atomic mass is 11.0. The van der Waals surface area contributed by atoms with E-state index in [1.165, 1.54) is 5.54 Å². The van der Waals surface area contributed by atoms with Crippen LogP contribution in [-0.4, -0.2) is 0 Å². The van der Waals surface area contributed by atoms with Crippen molar-refractivity contribution in [2.45, 2.75) is 13.8 Å². The van der Waals surface area contributed by atoms with E-state index >= 15 is 0 Å². The Morgan fingerprint density at radius 1 is 1.60 bits per heavy atom. The maximum absolute atomic E-state index is 4.76. The molecule has 0 aliphatic rings. The minimum Gasteiger partial charge on any atom is -0.0936 e. The minimum absolute atomic E-state index is 1.22. The summed E-state index contributed by atoms with van der Waals surface area (Å²) >= 11 is 4.76. The number of halogens is 1. The number of rotatable bonds is 0. The number of hydrogen-bond donors (Lipinski definition) is 0. The van der Waals surface area contributed by atoms with E-state index in [9.17, 15) is 0 Å². The molecule has 0 fully saturated rings. The summed E-state index contributed by atoms with van der Waals surface area (Å²) in [7, 11) is 0. The van der Waals surface area contributed by atoms with Crippen LogP contribution in [0.15, 0.2) is 12.1 Å². The molecule has 0 N–H and O–H groups in total. The average Bonchev–Trinajstić information content (AvgIpc) is 1.46. The Balaban J connectivity index is 0. The fourth-order valence-electron chi connectivity index (χ4n) is 0. The van der Waals surface area contributed by atoms with Gasteiger partial charge in [-0.1, -0.05) is 32.0 Å². The van der Waals surface area contributed by atoms with Gasteiger partial charge in [0.1, 0.15) is 0 Å². The molecule has 0 bridgehead atoms. The third-order valence-electron chi connectivity index (χ3n) is 0. The first kappa shape index (κ1) is 8.90. The molecule has 1 heteroatoms. The Hall–Kier alpha value is 0.0300. The van der Waals surface area contributed by atoms with Gasteiger partial charge in [0, 0.05) is 0 Å². The molecule has 5 heavy (non-hydrogen) atoms. The van der Waals surface area contributed by atoms with Gasteiger partial charge in [0.05, 0.1) is 0 Å². The molecule has 0 spiro atoms. The first-order valence-electron chi connectivity index (χ1n) is 1.63. The molecule has 0 aromatic carbocycles. The Kier molecular flexibility index (Phi) is 62.1. The Morgan fingerprint density at radius 3 is 1.60 bits per heavy atom. The van der Waals surface area contributed by atoms with Crippen LogP contribution in [0.4, 0.5) is 0 Å². The third kappa shape index (κ3) is 18500. The van der Waals surface area contributed by atoms with E-state index in [1.807, 2.05) is 13.8 Å². The summed E-state index contributed by atoms with van der Waals surface area (Å²) < 4.78 is 0. The summed E-state index contributed by atoms with van der Waals surface area (Å²) in [4.78, 5) is 0. The van der Waals surface area contributed by atoms with Gasteiger partial charge < -0.3 is 0 Å². The zero-order valence-corrected chi connectivity index (χ0v) is 4.42. The van der Waals surface area contributed by atoms with Crippen LogP contribution in [0.5, 0.6) is 0 Å². The van der Waals surface area contributed by atoms with E-state index in [1.54, 1.807) is 0 Å². The molecular formula is C4H9Cl. The Bertz CT molecular complexity index is 11.1. The minimum atomic E-state index is 1.22. The van der Waals surface area contributed by atoms with Gasteiger partial charge in [0.15, 0.2) is 0 Å². The molecule has 0 amide bonds. The van der Waals surface area contributed by atoms with Crippen molar-refractivity contribution in [2.75, 3.05) is 0 Å². The van der Waals surface area contributed by atoms with Gasteiger partial charge in [0.2, 0.25) is 0 Å². The molecule has 0 aromatic rings. The van der Waals surface area contributed by atoms with Crippen LogP contribution < -0.4 is 0 Å². The van der Waals surface area contributed by atoms with Crippen molar-refractivity contribution >= 4 is 11.6 Å². The molecule has 0 aliphatic heterocycles. The van der Waals surface area contributed by atoms with Crippen LogP contribution in [0.25, 0.3) is 0 Å². The smallest absolute Gasteiger partial charge is 0.00296 e. The molecular weight excluding hydrogens is 83.5 g/mol. The second kappa shape index (κ2) is 34.9. The maximum Gasteiger partial charge on any atom is -0.00296 e. The normalized spacial score (nSPS) is 3.80. The summed E-state index contributed by atoms with van der Waals surface area (Å²) in [6, 6.07) is 0. The van der Waals surface area contributed by atoms with Gasteiger partial charge in [-0.15, -0.1) is 0 Å². The zero-order chi connectivity index (χ0) is 4.71. The van der Waals surface area contributed by atoms with Gasteiger partial charge in [-0.2, -0.15) is 0 Å². The van der Waals surface area contributed by atoms with Crippen LogP contribution in [0.3, 0.4) is 0 Å². The van der Waals surface area contributed by atoms with E-state index in [-0.39, 0.29) is 0 Å². The average molecular weight is 92.6 g/mol. The first-order valence-corrected chi connectivity index (χ1v) is 2.06. The molecule has 0 nitrogen and oxygen atoms in total. The van der Waals surface area contributed by atoms with Crippen molar-refractivity contribution in [1.29, 1.82) is 0 Å². The van der Waals surface area contributed by atoms with Crippen LogP contribution in [0.2, 0.25) is 0 Å². The van der Waals surface area contributed by atoms with Gasteiger partial charge >= 0.3 is 0 Å². The molecule has 0 heterocycles. The van der Waals surface area contributed by atoms with Gasteiger partial charge in [-0.05, 0) is 5.54 Å². The highest BCUT2D eigenvalue weighted by atomic mass is 35.5. The van der Waals surface area contributed by atoms with Crippen molar-refractivity contribution < 1.29 is 0 Å². The van der Waals surface area contributed by atoms with Crippen LogP contribution in [0, 0.1) is 0 Å². The van der Waals surface area contributed by atoms with Crippen molar-refractivity contribution in [3.8, 4) is 0 Å².